The number of rotatable bonds is 0. The fourth-order valence-electron chi connectivity index (χ4n) is 15.6. The first-order valence-corrected chi connectivity index (χ1v) is 28.5. The van der Waals surface area contributed by atoms with Gasteiger partial charge in [0.05, 0.1) is 117 Å². The van der Waals surface area contributed by atoms with Crippen LogP contribution in [0.25, 0.3) is 0 Å². The minimum Gasteiger partial charge on any atom is -0.390 e. The van der Waals surface area contributed by atoms with Gasteiger partial charge in [0.15, 0.2) is 5.79 Å². The van der Waals surface area contributed by atoms with Crippen LogP contribution in [0.3, 0.4) is 0 Å². The SMILES string of the molecule is C[C@@H]1C[C@@H]2O[C@@H]3[C@@H](C)[C@H](O)[C@@H]4O[C@@]5(CCCO5)[C@@H](C)[C@H](C)[C@H]4O[C@H]3C[C@H]2O[C@H]2C[C@H]3O[C@H]4C/C=C\C[C@H]5O[C@H]6C=C[C@H]7O[C@H]8[C@H](O)[C@H]9OCC=CC[C@@H]9O[C@@H]8C[C@@H]7O[C@@H]6C/C=C\[C@@H]5O[C@@H]4C[C@@H](O)[C@]3(C)O[C@@H]2C1. The normalized spacial score (nSPS) is 58.5. The van der Waals surface area contributed by atoms with E-state index in [0.29, 0.717) is 64.6 Å². The van der Waals surface area contributed by atoms with Crippen molar-refractivity contribution in [3.05, 3.63) is 48.6 Å². The summed E-state index contributed by atoms with van der Waals surface area (Å²) < 4.78 is 89.0. The lowest BCUT2D eigenvalue weighted by Crippen LogP contribution is -2.63. The zero-order valence-corrected chi connectivity index (χ0v) is 43.3. The van der Waals surface area contributed by atoms with Crippen molar-refractivity contribution in [2.24, 2.45) is 23.7 Å². The predicted molar refractivity (Wildman–Crippen MR) is 261 cm³/mol. The van der Waals surface area contributed by atoms with Crippen LogP contribution in [0.4, 0.5) is 0 Å². The van der Waals surface area contributed by atoms with Crippen molar-refractivity contribution < 1.29 is 76.9 Å². The van der Waals surface area contributed by atoms with E-state index in [-0.39, 0.29) is 115 Å². The van der Waals surface area contributed by atoms with Crippen LogP contribution in [0.5, 0.6) is 0 Å². The Kier molecular flexibility index (Phi) is 14.1. The lowest BCUT2D eigenvalue weighted by atomic mass is 9.76. The molecule has 0 amide bonds. The van der Waals surface area contributed by atoms with E-state index in [1.165, 1.54) is 0 Å². The minimum absolute atomic E-state index is 0.103. The Labute approximate surface area is 430 Å². The summed E-state index contributed by atoms with van der Waals surface area (Å²) in [5.41, 5.74) is -0.998. The van der Waals surface area contributed by atoms with Gasteiger partial charge >= 0.3 is 0 Å². The maximum atomic E-state index is 12.4. The summed E-state index contributed by atoms with van der Waals surface area (Å²) in [5.74, 6) is -0.458. The summed E-state index contributed by atoms with van der Waals surface area (Å²) >= 11 is 0. The number of hydrogen-bond donors (Lipinski definition) is 3. The zero-order valence-electron chi connectivity index (χ0n) is 43.3. The van der Waals surface area contributed by atoms with Gasteiger partial charge in [-0.05, 0) is 63.7 Å². The monoisotopic (exact) mass is 1020 g/mol. The van der Waals surface area contributed by atoms with Crippen LogP contribution >= 0.6 is 0 Å². The maximum Gasteiger partial charge on any atom is 0.171 e. The molecule has 0 aliphatic carbocycles. The van der Waals surface area contributed by atoms with Gasteiger partial charge in [0.1, 0.15) is 48.3 Å². The molecule has 0 aromatic heterocycles. The lowest BCUT2D eigenvalue weighted by Gasteiger charge is -2.53. The second-order valence-corrected chi connectivity index (χ2v) is 24.6. The number of ether oxygens (including phenoxy) is 13. The predicted octanol–water partition coefficient (Wildman–Crippen LogP) is 5.11. The second-order valence-electron chi connectivity index (χ2n) is 24.6. The molecule has 1 spiro atoms. The van der Waals surface area contributed by atoms with Crippen LogP contribution in [0.2, 0.25) is 0 Å². The van der Waals surface area contributed by atoms with Gasteiger partial charge in [-0.3, -0.25) is 0 Å². The third-order valence-electron chi connectivity index (χ3n) is 20.0. The highest BCUT2D eigenvalue weighted by Crippen LogP contribution is 2.52. The molecule has 30 atom stereocenters. The third-order valence-corrected chi connectivity index (χ3v) is 20.0. The smallest absolute Gasteiger partial charge is 0.171 e. The first-order valence-electron chi connectivity index (χ1n) is 28.5. The summed E-state index contributed by atoms with van der Waals surface area (Å²) in [7, 11) is 0. The highest BCUT2D eigenvalue weighted by molar-refractivity contribution is 5.14. The van der Waals surface area contributed by atoms with Crippen LogP contribution < -0.4 is 0 Å². The molecule has 73 heavy (non-hydrogen) atoms. The summed E-state index contributed by atoms with van der Waals surface area (Å²) in [6, 6.07) is 0. The molecule has 0 unspecified atom stereocenters. The summed E-state index contributed by atoms with van der Waals surface area (Å²) in [5, 5.41) is 35.9. The second kappa shape index (κ2) is 20.2. The van der Waals surface area contributed by atoms with E-state index >= 15 is 0 Å². The fraction of sp³-hybridized carbons (Fsp3) is 0.860. The molecule has 0 saturated carbocycles. The summed E-state index contributed by atoms with van der Waals surface area (Å²) in [6.45, 7) is 11.9. The highest BCUT2D eigenvalue weighted by atomic mass is 16.7. The van der Waals surface area contributed by atoms with Crippen LogP contribution in [-0.2, 0) is 61.6 Å². The Bertz CT molecular complexity index is 2080. The fourth-order valence-corrected chi connectivity index (χ4v) is 15.6. The van der Waals surface area contributed by atoms with Gasteiger partial charge in [-0.25, -0.2) is 0 Å². The Morgan fingerprint density at radius 1 is 0.452 bits per heavy atom. The molecule has 0 aromatic carbocycles. The molecular formula is C57H82O16. The van der Waals surface area contributed by atoms with E-state index in [4.69, 9.17) is 61.6 Å². The number of hydrogen-bond acceptors (Lipinski definition) is 16. The van der Waals surface area contributed by atoms with Crippen molar-refractivity contribution in [3.63, 3.8) is 0 Å². The molecule has 16 nitrogen and oxygen atoms in total. The summed E-state index contributed by atoms with van der Waals surface area (Å²) in [4.78, 5) is 0. The minimum atomic E-state index is -0.998. The molecule has 9 fully saturated rings. The highest BCUT2D eigenvalue weighted by Gasteiger charge is 2.62. The molecule has 9 saturated heterocycles. The third kappa shape index (κ3) is 9.16. The quantitative estimate of drug-likeness (QED) is 0.273. The molecule has 0 radical (unpaired) electrons. The van der Waals surface area contributed by atoms with Gasteiger partial charge in [0.25, 0.3) is 0 Å². The summed E-state index contributed by atoms with van der Waals surface area (Å²) in [6.07, 6.45) is 15.0. The largest absolute Gasteiger partial charge is 0.390 e. The van der Waals surface area contributed by atoms with Gasteiger partial charge in [-0.2, -0.15) is 0 Å². The van der Waals surface area contributed by atoms with Crippen molar-refractivity contribution in [1.82, 2.24) is 0 Å². The molecule has 406 valence electrons. The molecule has 13 heterocycles. The first kappa shape index (κ1) is 50.8. The van der Waals surface area contributed by atoms with Gasteiger partial charge in [0, 0.05) is 43.9 Å². The number of fused-ring (bicyclic) bond motifs is 11. The Hall–Kier alpha value is -1.68. The molecule has 13 rings (SSSR count). The number of aliphatic hydroxyl groups is 3. The standard InChI is InChI=1S/C57H82O16/c1-28-22-39-41(25-45-51(70-39)30(3)49(59)55-52(71-45)29(2)31(4)57(73-55)19-11-21-62-57)67-43-27-48-56(5,72-44(43)23-28)47(58)26-42-35(68-48)13-7-6-12-32-33(65-42)15-10-16-34-36(63-32)17-18-37-40(64-34)24-46-54(69-37)50(60)53-38(66-46)14-8-9-20-61-53/h6-10,15,17-18,28-55,58-60H,11-14,16,19-27H2,1-5H3/b7-6-,15-10-/t28-,29+,30+,31+,32-,33+,34-,35+,36+,37-,38+,39+,40+,41-,42-,43+,44-,45+,46-,47-,48-,49+,50-,51-,52-,53+,54-,55+,56+,57+/m1/s1. The van der Waals surface area contributed by atoms with Crippen molar-refractivity contribution in [2.75, 3.05) is 13.2 Å². The molecule has 0 bridgehead atoms. The van der Waals surface area contributed by atoms with E-state index in [9.17, 15) is 15.3 Å². The van der Waals surface area contributed by atoms with E-state index in [1.54, 1.807) is 0 Å². The zero-order chi connectivity index (χ0) is 49.9. The topological polar surface area (TPSA) is 181 Å². The maximum absolute atomic E-state index is 12.4. The Morgan fingerprint density at radius 2 is 1.08 bits per heavy atom. The Balaban J connectivity index is 0.695. The van der Waals surface area contributed by atoms with Crippen molar-refractivity contribution in [2.45, 2.75) is 270 Å². The van der Waals surface area contributed by atoms with E-state index in [1.807, 2.05) is 19.1 Å². The first-order chi connectivity index (χ1) is 35.3. The van der Waals surface area contributed by atoms with Crippen molar-refractivity contribution >= 4 is 0 Å². The molecule has 13 aliphatic rings. The average Bonchev–Trinajstić information content (AvgIpc) is 3.55. The van der Waals surface area contributed by atoms with Crippen molar-refractivity contribution in [3.8, 4) is 0 Å². The van der Waals surface area contributed by atoms with E-state index in [0.717, 1.165) is 25.7 Å². The van der Waals surface area contributed by atoms with Crippen molar-refractivity contribution in [1.29, 1.82) is 0 Å². The molecule has 16 heteroatoms. The van der Waals surface area contributed by atoms with Crippen LogP contribution in [0, 0.1) is 23.7 Å². The van der Waals surface area contributed by atoms with Gasteiger partial charge in [-0.1, -0.05) is 76.3 Å². The van der Waals surface area contributed by atoms with Gasteiger partial charge in [0.2, 0.25) is 0 Å². The Morgan fingerprint density at radius 3 is 1.92 bits per heavy atom. The molecular weight excluding hydrogens is 941 g/mol. The number of aliphatic hydroxyl groups excluding tert-OH is 3. The lowest BCUT2D eigenvalue weighted by molar-refractivity contribution is -0.339. The van der Waals surface area contributed by atoms with Crippen LogP contribution in [0.15, 0.2) is 48.6 Å². The van der Waals surface area contributed by atoms with Gasteiger partial charge < -0.3 is 76.9 Å². The molecule has 3 N–H and O–H groups in total. The average molecular weight is 1020 g/mol. The van der Waals surface area contributed by atoms with Crippen LogP contribution in [-0.4, -0.2) is 186 Å². The molecule has 13 aliphatic heterocycles. The van der Waals surface area contributed by atoms with Gasteiger partial charge in [-0.15, -0.1) is 0 Å². The molecule has 0 aromatic rings. The van der Waals surface area contributed by atoms with Crippen LogP contribution in [0.1, 0.15) is 112 Å². The van der Waals surface area contributed by atoms with E-state index < -0.39 is 66.3 Å². The van der Waals surface area contributed by atoms with E-state index in [2.05, 4.69) is 64.2 Å².